The summed E-state index contributed by atoms with van der Waals surface area (Å²) in [7, 11) is 11.5. The van der Waals surface area contributed by atoms with E-state index in [4.69, 9.17) is 19.4 Å². The Bertz CT molecular complexity index is 1160. The van der Waals surface area contributed by atoms with Crippen molar-refractivity contribution in [3.8, 4) is 11.1 Å². The molecule has 1 nitrogen and oxygen atoms in total. The molecule has 0 aromatic heterocycles. The van der Waals surface area contributed by atoms with Crippen molar-refractivity contribution in [1.29, 1.82) is 0 Å². The molecule has 0 N–H and O–H groups in total. The van der Waals surface area contributed by atoms with E-state index >= 15 is 0 Å². The van der Waals surface area contributed by atoms with Crippen LogP contribution in [-0.4, -0.2) is 31.3 Å². The van der Waals surface area contributed by atoms with Gasteiger partial charge in [0.05, 0.1) is 7.92 Å². The van der Waals surface area contributed by atoms with Crippen LogP contribution < -0.4 is 15.9 Å². The van der Waals surface area contributed by atoms with Gasteiger partial charge in [-0.25, -0.2) is 0 Å². The van der Waals surface area contributed by atoms with Crippen LogP contribution in [-0.2, 0) is 15.1 Å². The number of thioether (sulfide) groups is 1. The first-order chi connectivity index (χ1) is 20.7. The third kappa shape index (κ3) is 15.3. The minimum absolute atomic E-state index is 0. The Morgan fingerprint density at radius 3 is 1.19 bits per heavy atom. The predicted molar refractivity (Wildman–Crippen MR) is 198 cm³/mol. The molecule has 0 amide bonds. The van der Waals surface area contributed by atoms with Gasteiger partial charge in [-0.1, -0.05) is 121 Å². The van der Waals surface area contributed by atoms with Crippen LogP contribution >= 0.6 is 48.3 Å². The normalized spacial score (nSPS) is 9.93. The average Bonchev–Trinajstić information content (AvgIpc) is 3.07. The van der Waals surface area contributed by atoms with E-state index in [2.05, 4.69) is 160 Å². The van der Waals surface area contributed by atoms with E-state index in [1.165, 1.54) is 32.8 Å². The molecule has 0 aliphatic heterocycles. The van der Waals surface area contributed by atoms with Crippen molar-refractivity contribution in [2.24, 2.45) is 0 Å². The predicted octanol–water partition coefficient (Wildman–Crippen LogP) is 9.75. The van der Waals surface area contributed by atoms with Gasteiger partial charge in [0.25, 0.3) is 0 Å². The van der Waals surface area contributed by atoms with Gasteiger partial charge in [0.2, 0.25) is 0 Å². The first-order valence-corrected chi connectivity index (χ1v) is 21.7. The van der Waals surface area contributed by atoms with E-state index < -0.39 is 7.92 Å². The maximum absolute atomic E-state index is 4.85. The van der Waals surface area contributed by atoms with Gasteiger partial charge in [-0.3, -0.25) is 0 Å². The molecule has 0 heterocycles. The van der Waals surface area contributed by atoms with E-state index in [1.807, 2.05) is 23.9 Å². The van der Waals surface area contributed by atoms with E-state index in [-0.39, 0.29) is 16.6 Å². The van der Waals surface area contributed by atoms with Crippen molar-refractivity contribution in [2.75, 3.05) is 31.3 Å². The molecule has 42 heavy (non-hydrogen) atoms. The SMILES string of the molecule is CSCC[N-]CCP.[Cl][Ru][Cl].[HH].c1ccc(-c2ccccc2)cc1.c1ccc([PH+](c2ccccc2)c2ccccc2)cc1. The molecule has 7 heteroatoms. The van der Waals surface area contributed by atoms with Gasteiger partial charge in [-0.2, -0.15) is 11.8 Å². The van der Waals surface area contributed by atoms with Crippen LogP contribution in [0, 0.1) is 0 Å². The monoisotopic (exact) mass is 741 g/mol. The second-order valence-corrected chi connectivity index (χ2v) is 15.4. The largest absolute Gasteiger partial charge is 0.102 e. The van der Waals surface area contributed by atoms with Crippen molar-refractivity contribution < 1.29 is 16.6 Å². The van der Waals surface area contributed by atoms with Crippen molar-refractivity contribution >= 4 is 64.2 Å². The van der Waals surface area contributed by atoms with Crippen LogP contribution in [0.1, 0.15) is 1.43 Å². The van der Waals surface area contributed by atoms with E-state index in [0.29, 0.717) is 0 Å². The number of benzene rings is 5. The summed E-state index contributed by atoms with van der Waals surface area (Å²) in [5, 5.41) is 8.54. The number of rotatable bonds is 9. The van der Waals surface area contributed by atoms with Gasteiger partial charge >= 0.3 is 34.5 Å². The fourth-order valence-corrected chi connectivity index (χ4v) is 7.01. The Labute approximate surface area is 278 Å². The molecule has 1 atom stereocenters. The second kappa shape index (κ2) is 24.9. The Morgan fingerprint density at radius 1 is 0.595 bits per heavy atom. The first kappa shape index (κ1) is 36.7. The molecule has 0 saturated heterocycles. The van der Waals surface area contributed by atoms with Crippen molar-refractivity contribution in [3.63, 3.8) is 0 Å². The summed E-state index contributed by atoms with van der Waals surface area (Å²) < 4.78 is 0. The molecule has 0 aliphatic rings. The zero-order valence-electron chi connectivity index (χ0n) is 23.8. The number of nitrogens with zero attached hydrogens (tertiary/aromatic N) is 1. The summed E-state index contributed by atoms with van der Waals surface area (Å²) in [6.07, 6.45) is 3.21. The molecule has 1 unspecified atom stereocenters. The number of hydrogen-bond donors (Lipinski definition) is 0. The minimum Gasteiger partial charge on any atom is -0.0622 e. The molecule has 5 rings (SSSR count). The van der Waals surface area contributed by atoms with Crippen molar-refractivity contribution in [3.05, 3.63) is 157 Å². The second-order valence-electron chi connectivity index (χ2n) is 8.71. The Balaban J connectivity index is 0.000000332. The van der Waals surface area contributed by atoms with E-state index in [0.717, 1.165) is 19.3 Å². The van der Waals surface area contributed by atoms with Gasteiger partial charge in [-0.15, -0.1) is 22.3 Å². The quantitative estimate of drug-likeness (QED) is 0.0834. The first-order valence-electron chi connectivity index (χ1n) is 13.6. The zero-order valence-corrected chi connectivity index (χ0v) is 30.0. The summed E-state index contributed by atoms with van der Waals surface area (Å²) in [4.78, 5) is 0. The maximum atomic E-state index is 4.85. The van der Waals surface area contributed by atoms with Crippen LogP contribution in [0.4, 0.5) is 0 Å². The Kier molecular flexibility index (Phi) is 21.7. The molecule has 0 fully saturated rings. The third-order valence-electron chi connectivity index (χ3n) is 5.81. The molecular formula is C35H41Cl2NP2RuS. The van der Waals surface area contributed by atoms with Crippen LogP contribution in [0.2, 0.25) is 0 Å². The van der Waals surface area contributed by atoms with Gasteiger partial charge in [-0.05, 0) is 59.5 Å². The molecule has 224 valence electrons. The van der Waals surface area contributed by atoms with Gasteiger partial charge in [0.15, 0.2) is 0 Å². The topological polar surface area (TPSA) is 14.1 Å². The molecule has 0 saturated carbocycles. The van der Waals surface area contributed by atoms with Gasteiger partial charge in [0, 0.05) is 1.43 Å². The molecule has 5 aromatic carbocycles. The third-order valence-corrected chi connectivity index (χ3v) is 9.39. The molecule has 0 aliphatic carbocycles. The van der Waals surface area contributed by atoms with Crippen molar-refractivity contribution in [2.45, 2.75) is 0 Å². The van der Waals surface area contributed by atoms with E-state index in [9.17, 15) is 0 Å². The zero-order chi connectivity index (χ0) is 30.1. The summed E-state index contributed by atoms with van der Waals surface area (Å²) in [6.45, 7) is 2.03. The van der Waals surface area contributed by atoms with E-state index in [1.54, 1.807) is 0 Å². The summed E-state index contributed by atoms with van der Waals surface area (Å²) in [6, 6.07) is 53.3. The van der Waals surface area contributed by atoms with Crippen LogP contribution in [0.25, 0.3) is 16.4 Å². The fraction of sp³-hybridized carbons (Fsp3) is 0.143. The number of halogens is 2. The minimum atomic E-state index is -0.877. The molecule has 0 bridgehead atoms. The van der Waals surface area contributed by atoms with Crippen LogP contribution in [0.5, 0.6) is 0 Å². The average molecular weight is 742 g/mol. The fourth-order valence-electron chi connectivity index (χ4n) is 3.93. The Hall–Kier alpha value is -1.53. The van der Waals surface area contributed by atoms with Crippen LogP contribution in [0.15, 0.2) is 152 Å². The molecule has 0 radical (unpaired) electrons. The standard InChI is InChI=1S/C18H15P.C12H10.C5H13NPS.2ClH.Ru.H2/c1-4-10-16(11-5-1)19(17-12-6-2-7-13-17)18-14-8-3-9-15-18;1-3-7-11(8-4-1)12-9-5-2-6-10-12;1-8-5-3-6-2-4-7;;;;/h1-15H;1-10H;2-5,7H2,1H3;2*1H;;1H/q;;-1;;;+2;/p-1. The summed E-state index contributed by atoms with van der Waals surface area (Å²) >= 11 is 1.51. The summed E-state index contributed by atoms with van der Waals surface area (Å²) in [5.74, 6) is 1.17. The summed E-state index contributed by atoms with van der Waals surface area (Å²) in [5.41, 5.74) is 2.55. The smallest absolute Gasteiger partial charge is 0.0622 e. The Morgan fingerprint density at radius 2 is 0.905 bits per heavy atom. The van der Waals surface area contributed by atoms with Gasteiger partial charge < -0.3 is 5.32 Å². The maximum Gasteiger partial charge on any atom is 0.102 e. The van der Waals surface area contributed by atoms with Gasteiger partial charge in [0.1, 0.15) is 15.9 Å². The number of hydrogen-bond acceptors (Lipinski definition) is 1. The van der Waals surface area contributed by atoms with Crippen molar-refractivity contribution in [1.82, 2.24) is 0 Å². The molecule has 5 aromatic rings. The molecular weight excluding hydrogens is 700 g/mol. The van der Waals surface area contributed by atoms with Crippen LogP contribution in [0.3, 0.4) is 0 Å². The molecule has 0 spiro atoms.